The maximum absolute atomic E-state index is 9.02. The van der Waals surface area contributed by atoms with Crippen LogP contribution in [-0.2, 0) is 31.3 Å². The largest absolute Gasteiger partial charge is 2.00 e. The monoisotopic (exact) mass is 186 g/mol. The fourth-order valence-electron chi connectivity index (χ4n) is 0. The molecule has 0 bridgehead atoms. The summed E-state index contributed by atoms with van der Waals surface area (Å²) < 4.78 is 0. The molecule has 0 saturated carbocycles. The van der Waals surface area contributed by atoms with Crippen molar-refractivity contribution in [1.29, 1.82) is 0 Å². The van der Waals surface area contributed by atoms with E-state index in [2.05, 4.69) is 12.8 Å². The van der Waals surface area contributed by atoms with Crippen LogP contribution in [0.25, 0.3) is 0 Å². The van der Waals surface area contributed by atoms with Crippen molar-refractivity contribution < 1.29 is 41.5 Å². The van der Waals surface area contributed by atoms with Crippen LogP contribution >= 0.6 is 0 Å². The topological polar surface area (TPSA) is 80.3 Å². The number of terminal acetylenes is 2. The third kappa shape index (κ3) is 52.3. The summed E-state index contributed by atoms with van der Waals surface area (Å²) in [7, 11) is 0. The first kappa shape index (κ1) is 16.4. The summed E-state index contributed by atoms with van der Waals surface area (Å²) in [5.74, 6) is -0.269. The fraction of sp³-hybridized carbons (Fsp3) is 0. The van der Waals surface area contributed by atoms with Gasteiger partial charge in [-0.15, -0.1) is 12.8 Å². The Hall–Kier alpha value is -1.23. The molecule has 0 unspecified atom stereocenters. The quantitative estimate of drug-likeness (QED) is 0.293. The van der Waals surface area contributed by atoms with E-state index in [-0.39, 0.29) is 21.7 Å². The third-order valence-electron chi connectivity index (χ3n) is 0.236. The van der Waals surface area contributed by atoms with E-state index < -0.39 is 11.9 Å². The van der Waals surface area contributed by atoms with E-state index in [9.17, 15) is 0 Å². The second kappa shape index (κ2) is 11.6. The van der Waals surface area contributed by atoms with Gasteiger partial charge in [-0.1, -0.05) is 11.8 Å². The fourth-order valence-corrected chi connectivity index (χ4v) is 0. The van der Waals surface area contributed by atoms with E-state index >= 15 is 0 Å². The number of carboxylic acids is 2. The van der Waals surface area contributed by atoms with Crippen molar-refractivity contribution >= 4 is 11.9 Å². The Morgan fingerprint density at radius 1 is 1.00 bits per heavy atom. The number of carbonyl (C=O) groups excluding carboxylic acids is 2. The Labute approximate surface area is 78.5 Å². The molecule has 0 aromatic rings. The average molecular weight is 186 g/mol. The van der Waals surface area contributed by atoms with Gasteiger partial charge in [0.05, 0.1) is 0 Å². The standard InChI is InChI=1S/2C3H2O2.Ti/c2*1-2-3(4)5;/h2*1H,(H,4,5);/q;;+2/p-2. The normalized spacial score (nSPS) is 4.91. The van der Waals surface area contributed by atoms with Crippen LogP contribution in [0.5, 0.6) is 0 Å². The SMILES string of the molecule is C#CC(=O)[O-].C#CC(=O)[O-].[Ti+2]. The van der Waals surface area contributed by atoms with E-state index in [1.54, 1.807) is 0 Å². The van der Waals surface area contributed by atoms with Gasteiger partial charge in [0.15, 0.2) is 0 Å². The number of aliphatic carboxylic acids is 2. The van der Waals surface area contributed by atoms with E-state index in [1.165, 1.54) is 11.8 Å². The van der Waals surface area contributed by atoms with Gasteiger partial charge in [-0.2, -0.15) is 0 Å². The predicted octanol–water partition coefficient (Wildman–Crippen LogP) is -3.26. The first-order valence-electron chi connectivity index (χ1n) is 1.89. The van der Waals surface area contributed by atoms with Gasteiger partial charge < -0.3 is 19.8 Å². The van der Waals surface area contributed by atoms with Crippen molar-refractivity contribution in [2.45, 2.75) is 0 Å². The second-order valence-corrected chi connectivity index (χ2v) is 0.864. The minimum Gasteiger partial charge on any atom is -0.537 e. The summed E-state index contributed by atoms with van der Waals surface area (Å²) in [4.78, 5) is 18.0. The molecule has 0 aromatic carbocycles. The van der Waals surface area contributed by atoms with E-state index in [0.717, 1.165) is 0 Å². The molecule has 54 valence electrons. The summed E-state index contributed by atoms with van der Waals surface area (Å²) in [5.41, 5.74) is 0. The molecule has 0 rings (SSSR count). The zero-order valence-corrected chi connectivity index (χ0v) is 6.85. The summed E-state index contributed by atoms with van der Waals surface area (Å²) in [6.45, 7) is 0. The molecule has 4 nitrogen and oxygen atoms in total. The maximum Gasteiger partial charge on any atom is 2.00 e. The molecule has 0 heterocycles. The minimum absolute atomic E-state index is 0. The van der Waals surface area contributed by atoms with E-state index in [4.69, 9.17) is 19.8 Å². The Morgan fingerprint density at radius 3 is 1.09 bits per heavy atom. The number of carbonyl (C=O) groups is 2. The Kier molecular flexibility index (Phi) is 17.2. The summed E-state index contributed by atoms with van der Waals surface area (Å²) in [5, 5.41) is 18.0. The minimum atomic E-state index is -1.47. The molecule has 0 spiro atoms. The average Bonchev–Trinajstić information content (AvgIpc) is 1.89. The van der Waals surface area contributed by atoms with E-state index in [0.29, 0.717) is 0 Å². The molecule has 11 heavy (non-hydrogen) atoms. The molecule has 0 aromatic heterocycles. The zero-order chi connectivity index (χ0) is 8.57. The van der Waals surface area contributed by atoms with Gasteiger partial charge in [0.25, 0.3) is 0 Å². The predicted molar refractivity (Wildman–Crippen MR) is 27.7 cm³/mol. The number of carboxylic acid groups (broad SMARTS) is 2. The second-order valence-electron chi connectivity index (χ2n) is 0.864. The zero-order valence-electron chi connectivity index (χ0n) is 5.29. The number of rotatable bonds is 0. The molecule has 0 N–H and O–H groups in total. The smallest absolute Gasteiger partial charge is 0.537 e. The van der Waals surface area contributed by atoms with E-state index in [1.807, 2.05) is 0 Å². The summed E-state index contributed by atoms with van der Waals surface area (Å²) in [6, 6.07) is 0. The van der Waals surface area contributed by atoms with Gasteiger partial charge in [0.1, 0.15) is 11.9 Å². The Balaban J connectivity index is -0.000000107. The Morgan fingerprint density at radius 2 is 1.09 bits per heavy atom. The van der Waals surface area contributed by atoms with Crippen LogP contribution in [-0.4, -0.2) is 11.9 Å². The number of hydrogen-bond acceptors (Lipinski definition) is 4. The van der Waals surface area contributed by atoms with Crippen LogP contribution in [0.1, 0.15) is 0 Å². The van der Waals surface area contributed by atoms with Gasteiger partial charge in [-0.05, 0) is 0 Å². The van der Waals surface area contributed by atoms with Crippen LogP contribution in [0.3, 0.4) is 0 Å². The van der Waals surface area contributed by atoms with Crippen molar-refractivity contribution in [1.82, 2.24) is 0 Å². The third-order valence-corrected chi connectivity index (χ3v) is 0.236. The van der Waals surface area contributed by atoms with Crippen molar-refractivity contribution in [2.75, 3.05) is 0 Å². The molecule has 0 saturated heterocycles. The first-order chi connectivity index (χ1) is 4.54. The molecule has 0 aliphatic carbocycles. The van der Waals surface area contributed by atoms with Crippen molar-refractivity contribution in [3.63, 3.8) is 0 Å². The molecular formula is C6H2O4Ti. The Bertz CT molecular complexity index is 184. The van der Waals surface area contributed by atoms with Crippen LogP contribution in [0.4, 0.5) is 0 Å². The van der Waals surface area contributed by atoms with Crippen molar-refractivity contribution in [3.05, 3.63) is 0 Å². The maximum atomic E-state index is 9.02. The molecule has 0 radical (unpaired) electrons. The van der Waals surface area contributed by atoms with Gasteiger partial charge in [-0.3, -0.25) is 0 Å². The molecule has 0 aliphatic rings. The molecule has 0 fully saturated rings. The van der Waals surface area contributed by atoms with Gasteiger partial charge >= 0.3 is 21.7 Å². The molecule has 0 atom stereocenters. The van der Waals surface area contributed by atoms with Crippen LogP contribution in [0.2, 0.25) is 0 Å². The van der Waals surface area contributed by atoms with Crippen LogP contribution in [0.15, 0.2) is 0 Å². The molecular weight excluding hydrogens is 184 g/mol. The summed E-state index contributed by atoms with van der Waals surface area (Å²) in [6.07, 6.45) is 8.52. The van der Waals surface area contributed by atoms with Crippen molar-refractivity contribution in [3.8, 4) is 24.7 Å². The number of hydrogen-bond donors (Lipinski definition) is 0. The van der Waals surface area contributed by atoms with Crippen LogP contribution in [0, 0.1) is 24.7 Å². The molecule has 0 amide bonds. The van der Waals surface area contributed by atoms with Gasteiger partial charge in [0, 0.05) is 0 Å². The van der Waals surface area contributed by atoms with Crippen LogP contribution < -0.4 is 10.2 Å². The molecule has 0 aliphatic heterocycles. The van der Waals surface area contributed by atoms with Gasteiger partial charge in [-0.25, -0.2) is 0 Å². The van der Waals surface area contributed by atoms with Crippen molar-refractivity contribution in [2.24, 2.45) is 0 Å². The summed E-state index contributed by atoms with van der Waals surface area (Å²) >= 11 is 0. The molecule has 5 heteroatoms. The van der Waals surface area contributed by atoms with Gasteiger partial charge in [0.2, 0.25) is 0 Å². The first-order valence-corrected chi connectivity index (χ1v) is 1.89.